The molecule has 0 amide bonds. The van der Waals surface area contributed by atoms with Gasteiger partial charge in [-0.1, -0.05) is 13.8 Å². The minimum Gasteiger partial charge on any atom is -0.390 e. The third-order valence-corrected chi connectivity index (χ3v) is 3.30. The minimum atomic E-state index is -0.617. The molecular formula is C15H28N4O2. The van der Waals surface area contributed by atoms with E-state index >= 15 is 0 Å². The lowest BCUT2D eigenvalue weighted by molar-refractivity contribution is 0.144. The molecule has 0 fully saturated rings. The van der Waals surface area contributed by atoms with Crippen LogP contribution in [0.15, 0.2) is 17.1 Å². The Morgan fingerprint density at radius 2 is 2.00 bits per heavy atom. The van der Waals surface area contributed by atoms with Crippen molar-refractivity contribution in [2.75, 3.05) is 31.1 Å². The Bertz CT molecular complexity index is 469. The zero-order valence-corrected chi connectivity index (χ0v) is 13.5. The standard InChI is InChI=1S/C15H28N4O2/c1-5-18(6-2)13-7-15(21)19(17-9-13)11-14(20)10-16-8-12(3)4/h7,9,12,14,16,20H,5-6,8,10-11H2,1-4H3. The molecule has 1 heterocycles. The molecule has 0 radical (unpaired) electrons. The number of aromatic nitrogens is 2. The molecule has 0 aliphatic heterocycles. The van der Waals surface area contributed by atoms with E-state index in [1.807, 2.05) is 13.8 Å². The molecule has 0 aliphatic carbocycles. The summed E-state index contributed by atoms with van der Waals surface area (Å²) in [6.07, 6.45) is 1.07. The van der Waals surface area contributed by atoms with E-state index in [2.05, 4.69) is 29.2 Å². The van der Waals surface area contributed by atoms with E-state index in [1.54, 1.807) is 12.3 Å². The highest BCUT2D eigenvalue weighted by molar-refractivity contribution is 5.42. The Morgan fingerprint density at radius 1 is 1.33 bits per heavy atom. The molecule has 21 heavy (non-hydrogen) atoms. The van der Waals surface area contributed by atoms with Crippen LogP contribution in [0, 0.1) is 5.92 Å². The van der Waals surface area contributed by atoms with Gasteiger partial charge in [-0.3, -0.25) is 4.79 Å². The van der Waals surface area contributed by atoms with Crippen LogP contribution in [0.2, 0.25) is 0 Å². The zero-order valence-electron chi connectivity index (χ0n) is 13.5. The van der Waals surface area contributed by atoms with Crippen molar-refractivity contribution in [2.45, 2.75) is 40.3 Å². The molecule has 0 aliphatic rings. The summed E-state index contributed by atoms with van der Waals surface area (Å²) in [5.74, 6) is 0.534. The lowest BCUT2D eigenvalue weighted by Gasteiger charge is -2.20. The van der Waals surface area contributed by atoms with Crippen molar-refractivity contribution >= 4 is 5.69 Å². The topological polar surface area (TPSA) is 70.4 Å². The van der Waals surface area contributed by atoms with Crippen molar-refractivity contribution in [3.8, 4) is 0 Å². The molecule has 1 aromatic heterocycles. The number of anilines is 1. The van der Waals surface area contributed by atoms with E-state index in [0.717, 1.165) is 25.3 Å². The molecule has 120 valence electrons. The van der Waals surface area contributed by atoms with Gasteiger partial charge < -0.3 is 15.3 Å². The summed E-state index contributed by atoms with van der Waals surface area (Å²) in [4.78, 5) is 14.1. The summed E-state index contributed by atoms with van der Waals surface area (Å²) in [5.41, 5.74) is 0.649. The second kappa shape index (κ2) is 8.79. The second-order valence-corrected chi connectivity index (χ2v) is 5.61. The predicted molar refractivity (Wildman–Crippen MR) is 85.8 cm³/mol. The number of hydrogen-bond acceptors (Lipinski definition) is 5. The van der Waals surface area contributed by atoms with Gasteiger partial charge in [-0.15, -0.1) is 0 Å². The van der Waals surface area contributed by atoms with Gasteiger partial charge >= 0.3 is 0 Å². The van der Waals surface area contributed by atoms with Crippen molar-refractivity contribution in [1.82, 2.24) is 15.1 Å². The van der Waals surface area contributed by atoms with Gasteiger partial charge in [-0.05, 0) is 26.3 Å². The second-order valence-electron chi connectivity index (χ2n) is 5.61. The van der Waals surface area contributed by atoms with Crippen LogP contribution < -0.4 is 15.8 Å². The maximum Gasteiger partial charge on any atom is 0.268 e. The molecule has 1 aromatic rings. The average Bonchev–Trinajstić information content (AvgIpc) is 2.42. The summed E-state index contributed by atoms with van der Waals surface area (Å²) in [6.45, 7) is 11.5. The number of aliphatic hydroxyl groups is 1. The normalized spacial score (nSPS) is 12.7. The van der Waals surface area contributed by atoms with Crippen LogP contribution in [0.3, 0.4) is 0 Å². The first-order valence-corrected chi connectivity index (χ1v) is 7.68. The monoisotopic (exact) mass is 296 g/mol. The number of rotatable bonds is 9. The van der Waals surface area contributed by atoms with Crippen molar-refractivity contribution < 1.29 is 5.11 Å². The average molecular weight is 296 g/mol. The van der Waals surface area contributed by atoms with Gasteiger partial charge in [0.25, 0.3) is 5.56 Å². The third kappa shape index (κ3) is 5.85. The number of aliphatic hydroxyl groups excluding tert-OH is 1. The van der Waals surface area contributed by atoms with Crippen molar-refractivity contribution in [3.05, 3.63) is 22.6 Å². The van der Waals surface area contributed by atoms with Crippen LogP contribution in [-0.2, 0) is 6.54 Å². The summed E-state index contributed by atoms with van der Waals surface area (Å²) in [5, 5.41) is 17.3. The maximum absolute atomic E-state index is 12.0. The molecule has 1 atom stereocenters. The molecule has 0 spiro atoms. The van der Waals surface area contributed by atoms with Crippen LogP contribution >= 0.6 is 0 Å². The molecule has 0 bridgehead atoms. The van der Waals surface area contributed by atoms with E-state index < -0.39 is 6.10 Å². The summed E-state index contributed by atoms with van der Waals surface area (Å²) in [7, 11) is 0. The molecule has 1 rings (SSSR count). The highest BCUT2D eigenvalue weighted by atomic mass is 16.3. The fraction of sp³-hybridized carbons (Fsp3) is 0.733. The fourth-order valence-electron chi connectivity index (χ4n) is 2.13. The molecule has 0 aromatic carbocycles. The third-order valence-electron chi connectivity index (χ3n) is 3.30. The largest absolute Gasteiger partial charge is 0.390 e. The molecule has 6 heteroatoms. The van der Waals surface area contributed by atoms with Crippen LogP contribution in [-0.4, -0.2) is 47.2 Å². The maximum atomic E-state index is 12.0. The molecular weight excluding hydrogens is 268 g/mol. The Hall–Kier alpha value is -1.40. The van der Waals surface area contributed by atoms with Gasteiger partial charge in [0.1, 0.15) is 0 Å². The summed E-state index contributed by atoms with van der Waals surface area (Å²) < 4.78 is 1.31. The summed E-state index contributed by atoms with van der Waals surface area (Å²) in [6, 6.07) is 1.58. The van der Waals surface area contributed by atoms with Crippen molar-refractivity contribution in [2.24, 2.45) is 5.92 Å². The smallest absolute Gasteiger partial charge is 0.268 e. The minimum absolute atomic E-state index is 0.178. The van der Waals surface area contributed by atoms with Crippen molar-refractivity contribution in [1.29, 1.82) is 0 Å². The van der Waals surface area contributed by atoms with E-state index in [-0.39, 0.29) is 12.1 Å². The predicted octanol–water partition coefficient (Wildman–Crippen LogP) is 0.696. The first kappa shape index (κ1) is 17.7. The van der Waals surface area contributed by atoms with Crippen LogP contribution in [0.5, 0.6) is 0 Å². The lowest BCUT2D eigenvalue weighted by Crippen LogP contribution is -2.36. The quantitative estimate of drug-likeness (QED) is 0.702. The van der Waals surface area contributed by atoms with Gasteiger partial charge in [0.15, 0.2) is 0 Å². The van der Waals surface area contributed by atoms with Crippen LogP contribution in [0.1, 0.15) is 27.7 Å². The highest BCUT2D eigenvalue weighted by Crippen LogP contribution is 2.08. The molecule has 1 unspecified atom stereocenters. The first-order chi connectivity index (χ1) is 9.97. The van der Waals surface area contributed by atoms with Crippen LogP contribution in [0.25, 0.3) is 0 Å². The molecule has 0 saturated heterocycles. The Kier molecular flexibility index (Phi) is 7.39. The first-order valence-electron chi connectivity index (χ1n) is 7.68. The van der Waals surface area contributed by atoms with E-state index in [9.17, 15) is 9.90 Å². The van der Waals surface area contributed by atoms with Gasteiger partial charge in [0, 0.05) is 25.7 Å². The van der Waals surface area contributed by atoms with E-state index in [1.165, 1.54) is 4.68 Å². The Balaban J connectivity index is 2.62. The highest BCUT2D eigenvalue weighted by Gasteiger charge is 2.09. The molecule has 6 nitrogen and oxygen atoms in total. The van der Waals surface area contributed by atoms with Gasteiger partial charge in [0.2, 0.25) is 0 Å². The Morgan fingerprint density at radius 3 is 2.52 bits per heavy atom. The lowest BCUT2D eigenvalue weighted by atomic mass is 10.2. The van der Waals surface area contributed by atoms with Crippen LogP contribution in [0.4, 0.5) is 5.69 Å². The number of nitrogens with one attached hydrogen (secondary N) is 1. The SMILES string of the molecule is CCN(CC)c1cnn(CC(O)CNCC(C)C)c(=O)c1. The zero-order chi connectivity index (χ0) is 15.8. The van der Waals surface area contributed by atoms with Crippen molar-refractivity contribution in [3.63, 3.8) is 0 Å². The van der Waals surface area contributed by atoms with Gasteiger partial charge in [-0.2, -0.15) is 5.10 Å². The number of hydrogen-bond donors (Lipinski definition) is 2. The summed E-state index contributed by atoms with van der Waals surface area (Å²) >= 11 is 0. The van der Waals surface area contributed by atoms with E-state index in [0.29, 0.717) is 12.5 Å². The molecule has 2 N–H and O–H groups in total. The van der Waals surface area contributed by atoms with E-state index in [4.69, 9.17) is 0 Å². The van der Waals surface area contributed by atoms with Gasteiger partial charge in [-0.25, -0.2) is 4.68 Å². The molecule has 0 saturated carbocycles. The van der Waals surface area contributed by atoms with Gasteiger partial charge in [0.05, 0.1) is 24.5 Å². The Labute approximate surface area is 126 Å². The fourth-order valence-corrected chi connectivity index (χ4v) is 2.13. The number of nitrogens with zero attached hydrogens (tertiary/aromatic N) is 3.